The van der Waals surface area contributed by atoms with Crippen LogP contribution >= 0.6 is 7.82 Å². The molecule has 0 fully saturated rings. The highest BCUT2D eigenvalue weighted by Crippen LogP contribution is 2.43. The van der Waals surface area contributed by atoms with Crippen molar-refractivity contribution in [2.45, 2.75) is 244 Å². The number of hydrogen-bond donors (Lipinski definition) is 3. The highest BCUT2D eigenvalue weighted by molar-refractivity contribution is 7.47. The van der Waals surface area contributed by atoms with Gasteiger partial charge in [0.05, 0.1) is 13.2 Å². The minimum Gasteiger partial charge on any atom is -0.480 e. The number of aliphatic carboxylic acids is 1. The minimum atomic E-state index is -4.71. The normalized spacial score (nSPS) is 13.6. The van der Waals surface area contributed by atoms with Crippen LogP contribution in [0.2, 0.25) is 0 Å². The van der Waals surface area contributed by atoms with Crippen LogP contribution in [-0.2, 0) is 37.5 Å². The summed E-state index contributed by atoms with van der Waals surface area (Å²) in [5.74, 6) is -2.36. The smallest absolute Gasteiger partial charge is 0.472 e. The van der Waals surface area contributed by atoms with Crippen LogP contribution in [0, 0.1) is 0 Å². The van der Waals surface area contributed by atoms with Gasteiger partial charge in [0.1, 0.15) is 12.6 Å². The van der Waals surface area contributed by atoms with Crippen molar-refractivity contribution in [3.8, 4) is 0 Å². The van der Waals surface area contributed by atoms with Gasteiger partial charge in [-0.05, 0) is 12.8 Å². The standard InChI is InChI=1S/C44H86NO10P/c1-3-5-7-9-11-13-15-16-17-18-19-20-21-22-23-24-26-27-29-31-33-35-42(46)52-37-40(38-53-56(50,51)54-39-41(45)44(48)49)55-43(47)36-34-32-30-28-25-14-12-10-8-6-4-2/h40-41H,3-39,45H2,1-2H3,(H,48,49)(H,50,51)/t40-,41+/m1/s1. The SMILES string of the molecule is CCCCCCCCCCCCCCCCCCCCCCCC(=O)OC[C@H](COP(=O)(O)OC[C@H](N)C(=O)O)OC(=O)CCCCCCCCCCCCC. The van der Waals surface area contributed by atoms with E-state index in [2.05, 4.69) is 18.4 Å². The Bertz CT molecular complexity index is 968. The third-order valence-corrected chi connectivity index (χ3v) is 11.3. The van der Waals surface area contributed by atoms with E-state index in [1.54, 1.807) is 0 Å². The molecule has 0 radical (unpaired) electrons. The number of carboxylic acids is 1. The van der Waals surface area contributed by atoms with E-state index < -0.39 is 51.1 Å². The number of esters is 2. The lowest BCUT2D eigenvalue weighted by Crippen LogP contribution is -2.34. The number of carbonyl (C=O) groups excluding carboxylic acids is 2. The van der Waals surface area contributed by atoms with E-state index in [1.807, 2.05) is 0 Å². The molecule has 0 rings (SSSR count). The van der Waals surface area contributed by atoms with Crippen molar-refractivity contribution in [3.63, 3.8) is 0 Å². The zero-order valence-electron chi connectivity index (χ0n) is 36.0. The lowest BCUT2D eigenvalue weighted by molar-refractivity contribution is -0.161. The monoisotopic (exact) mass is 820 g/mol. The van der Waals surface area contributed by atoms with Gasteiger partial charge in [0.25, 0.3) is 0 Å². The number of rotatable bonds is 44. The van der Waals surface area contributed by atoms with Crippen LogP contribution in [0.4, 0.5) is 0 Å². The van der Waals surface area contributed by atoms with Gasteiger partial charge in [0.15, 0.2) is 6.10 Å². The molecule has 0 aromatic carbocycles. The van der Waals surface area contributed by atoms with Gasteiger partial charge in [-0.25, -0.2) is 4.57 Å². The second-order valence-electron chi connectivity index (χ2n) is 15.9. The first kappa shape index (κ1) is 54.5. The van der Waals surface area contributed by atoms with E-state index >= 15 is 0 Å². The molecule has 0 aromatic heterocycles. The molecule has 0 saturated carbocycles. The highest BCUT2D eigenvalue weighted by Gasteiger charge is 2.28. The molecule has 0 bridgehead atoms. The molecule has 11 nitrogen and oxygen atoms in total. The molecule has 4 N–H and O–H groups in total. The minimum absolute atomic E-state index is 0.168. The number of carbonyl (C=O) groups is 3. The summed E-state index contributed by atoms with van der Waals surface area (Å²) in [7, 11) is -4.71. The molecule has 0 saturated heterocycles. The van der Waals surface area contributed by atoms with Gasteiger partial charge in [-0.3, -0.25) is 23.4 Å². The molecule has 0 heterocycles. The van der Waals surface area contributed by atoms with Crippen LogP contribution < -0.4 is 5.73 Å². The summed E-state index contributed by atoms with van der Waals surface area (Å²) in [6, 6.07) is -1.52. The van der Waals surface area contributed by atoms with Crippen molar-refractivity contribution in [2.24, 2.45) is 5.73 Å². The molecule has 0 aliphatic heterocycles. The van der Waals surface area contributed by atoms with Crippen molar-refractivity contribution >= 4 is 25.7 Å². The molecule has 0 spiro atoms. The highest BCUT2D eigenvalue weighted by atomic mass is 31.2. The van der Waals surface area contributed by atoms with Crippen LogP contribution in [0.3, 0.4) is 0 Å². The van der Waals surface area contributed by atoms with Crippen molar-refractivity contribution in [3.05, 3.63) is 0 Å². The van der Waals surface area contributed by atoms with Gasteiger partial charge >= 0.3 is 25.7 Å². The number of nitrogens with two attached hydrogens (primary N) is 1. The summed E-state index contributed by atoms with van der Waals surface area (Å²) >= 11 is 0. The van der Waals surface area contributed by atoms with Crippen LogP contribution in [0.1, 0.15) is 232 Å². The van der Waals surface area contributed by atoms with E-state index in [4.69, 9.17) is 24.8 Å². The largest absolute Gasteiger partial charge is 0.480 e. The third kappa shape index (κ3) is 39.3. The molecule has 332 valence electrons. The maximum absolute atomic E-state index is 12.6. The summed E-state index contributed by atoms with van der Waals surface area (Å²) in [4.78, 5) is 45.9. The average molecular weight is 820 g/mol. The number of ether oxygens (including phenoxy) is 2. The molecule has 3 atom stereocenters. The zero-order chi connectivity index (χ0) is 41.4. The van der Waals surface area contributed by atoms with E-state index in [1.165, 1.54) is 154 Å². The van der Waals surface area contributed by atoms with Gasteiger partial charge in [0, 0.05) is 12.8 Å². The molecule has 0 amide bonds. The van der Waals surface area contributed by atoms with Crippen molar-refractivity contribution in [1.82, 2.24) is 0 Å². The first-order chi connectivity index (χ1) is 27.1. The first-order valence-electron chi connectivity index (χ1n) is 23.1. The quantitative estimate of drug-likeness (QED) is 0.0303. The summed E-state index contributed by atoms with van der Waals surface area (Å²) in [5, 5.41) is 8.88. The van der Waals surface area contributed by atoms with E-state index in [0.717, 1.165) is 38.5 Å². The lowest BCUT2D eigenvalue weighted by atomic mass is 10.0. The fourth-order valence-corrected chi connectivity index (χ4v) is 7.49. The topological polar surface area (TPSA) is 172 Å². The Balaban J connectivity index is 4.18. The summed E-state index contributed by atoms with van der Waals surface area (Å²) in [6.45, 7) is 2.83. The molecule has 0 aliphatic carbocycles. The number of carboxylic acid groups (broad SMARTS) is 1. The number of unbranched alkanes of at least 4 members (excludes halogenated alkanes) is 30. The Morgan fingerprint density at radius 3 is 1.12 bits per heavy atom. The Morgan fingerprint density at radius 2 is 0.786 bits per heavy atom. The molecule has 0 aliphatic rings. The van der Waals surface area contributed by atoms with Crippen LogP contribution in [-0.4, -0.2) is 59.9 Å². The molecular formula is C44H86NO10P. The first-order valence-corrected chi connectivity index (χ1v) is 24.6. The molecule has 0 aromatic rings. The average Bonchev–Trinajstić information content (AvgIpc) is 3.17. The fourth-order valence-electron chi connectivity index (χ4n) is 6.71. The van der Waals surface area contributed by atoms with Gasteiger partial charge < -0.3 is 25.2 Å². The van der Waals surface area contributed by atoms with Crippen molar-refractivity contribution < 1.29 is 47.5 Å². The lowest BCUT2D eigenvalue weighted by Gasteiger charge is -2.20. The third-order valence-electron chi connectivity index (χ3n) is 10.4. The summed E-state index contributed by atoms with van der Waals surface area (Å²) in [5.41, 5.74) is 5.33. The number of phosphoric ester groups is 1. The van der Waals surface area contributed by atoms with E-state index in [0.29, 0.717) is 12.8 Å². The number of phosphoric acid groups is 1. The van der Waals surface area contributed by atoms with E-state index in [9.17, 15) is 23.8 Å². The summed E-state index contributed by atoms with van der Waals surface area (Å²) in [6.07, 6.45) is 38.9. The maximum atomic E-state index is 12.6. The van der Waals surface area contributed by atoms with Crippen LogP contribution in [0.25, 0.3) is 0 Å². The number of hydrogen-bond acceptors (Lipinski definition) is 9. The predicted molar refractivity (Wildman–Crippen MR) is 227 cm³/mol. The second-order valence-corrected chi connectivity index (χ2v) is 17.4. The Labute approximate surface area is 342 Å². The molecule has 12 heteroatoms. The molecule has 1 unspecified atom stereocenters. The Morgan fingerprint density at radius 1 is 0.482 bits per heavy atom. The maximum Gasteiger partial charge on any atom is 0.472 e. The second kappa shape index (κ2) is 40.3. The van der Waals surface area contributed by atoms with Crippen molar-refractivity contribution in [2.75, 3.05) is 19.8 Å². The zero-order valence-corrected chi connectivity index (χ0v) is 36.9. The van der Waals surface area contributed by atoms with Crippen LogP contribution in [0.5, 0.6) is 0 Å². The van der Waals surface area contributed by atoms with Gasteiger partial charge in [-0.15, -0.1) is 0 Å². The van der Waals surface area contributed by atoms with Gasteiger partial charge in [-0.2, -0.15) is 0 Å². The Kier molecular flexibility index (Phi) is 39.2. The molecule has 56 heavy (non-hydrogen) atoms. The Hall–Kier alpha value is -1.52. The molecular weight excluding hydrogens is 733 g/mol. The van der Waals surface area contributed by atoms with Crippen molar-refractivity contribution in [1.29, 1.82) is 0 Å². The fraction of sp³-hybridized carbons (Fsp3) is 0.932. The van der Waals surface area contributed by atoms with Gasteiger partial charge in [0.2, 0.25) is 0 Å². The van der Waals surface area contributed by atoms with Crippen LogP contribution in [0.15, 0.2) is 0 Å². The van der Waals surface area contributed by atoms with Gasteiger partial charge in [-0.1, -0.05) is 206 Å². The predicted octanol–water partition coefficient (Wildman–Crippen LogP) is 12.3. The van der Waals surface area contributed by atoms with E-state index in [-0.39, 0.29) is 19.4 Å². The summed E-state index contributed by atoms with van der Waals surface area (Å²) < 4.78 is 32.7.